The summed E-state index contributed by atoms with van der Waals surface area (Å²) >= 11 is 3.57. The predicted molar refractivity (Wildman–Crippen MR) is 121 cm³/mol. The zero-order valence-electron chi connectivity index (χ0n) is 17.2. The van der Waals surface area contributed by atoms with E-state index in [-0.39, 0.29) is 0 Å². The van der Waals surface area contributed by atoms with E-state index in [0.717, 1.165) is 57.3 Å². The molecule has 0 radical (unpaired) electrons. The van der Waals surface area contributed by atoms with Gasteiger partial charge in [0.05, 0.1) is 41.1 Å². The van der Waals surface area contributed by atoms with Gasteiger partial charge in [-0.25, -0.2) is 9.97 Å². The number of fused-ring (bicyclic) bond motifs is 4. The minimum Gasteiger partial charge on any atom is -0.491 e. The number of halogens is 1. The molecule has 5 rings (SSSR count). The fourth-order valence-corrected chi connectivity index (χ4v) is 4.21. The van der Waals surface area contributed by atoms with Gasteiger partial charge in [-0.3, -0.25) is 0 Å². The Labute approximate surface area is 179 Å². The number of para-hydroxylation sites is 2. The van der Waals surface area contributed by atoms with Gasteiger partial charge < -0.3 is 13.9 Å². The van der Waals surface area contributed by atoms with Crippen LogP contribution in [0.4, 0.5) is 0 Å². The minimum atomic E-state index is 0.633. The summed E-state index contributed by atoms with van der Waals surface area (Å²) in [4.78, 5) is 9.62. The first-order valence-corrected chi connectivity index (χ1v) is 10.8. The van der Waals surface area contributed by atoms with Crippen molar-refractivity contribution in [3.8, 4) is 17.1 Å². The van der Waals surface area contributed by atoms with Crippen molar-refractivity contribution in [1.82, 2.24) is 19.1 Å². The van der Waals surface area contributed by atoms with E-state index in [1.54, 1.807) is 0 Å². The molecule has 0 bridgehead atoms. The number of aryl methyl sites for hydroxylation is 2. The molecule has 0 aliphatic carbocycles. The Morgan fingerprint density at radius 3 is 2.69 bits per heavy atom. The van der Waals surface area contributed by atoms with E-state index < -0.39 is 0 Å². The number of hydrogen-bond acceptors (Lipinski definition) is 3. The van der Waals surface area contributed by atoms with Gasteiger partial charge in [-0.15, -0.1) is 0 Å². The summed E-state index contributed by atoms with van der Waals surface area (Å²) in [5.41, 5.74) is 5.46. The summed E-state index contributed by atoms with van der Waals surface area (Å²) in [6, 6.07) is 14.4. The van der Waals surface area contributed by atoms with Crippen molar-refractivity contribution in [2.75, 3.05) is 6.61 Å². The molecule has 0 atom stereocenters. The molecule has 1 aliphatic rings. The Bertz CT molecular complexity index is 1180. The molecule has 3 heterocycles. The lowest BCUT2D eigenvalue weighted by molar-refractivity contribution is 0.304. The first kappa shape index (κ1) is 19.7. The Morgan fingerprint density at radius 1 is 1.07 bits per heavy atom. The van der Waals surface area contributed by atoms with Gasteiger partial charge in [0.25, 0.3) is 0 Å². The molecule has 150 valence electrons. The summed E-state index contributed by atoms with van der Waals surface area (Å²) in [5, 5.41) is 0. The lowest BCUT2D eigenvalue weighted by atomic mass is 10.2. The summed E-state index contributed by atoms with van der Waals surface area (Å²) < 4.78 is 11.6. The number of ether oxygens (including phenoxy) is 1. The van der Waals surface area contributed by atoms with Crippen molar-refractivity contribution in [3.05, 3.63) is 64.1 Å². The zero-order valence-corrected chi connectivity index (χ0v) is 18.8. The zero-order chi connectivity index (χ0) is 20.5. The maximum Gasteiger partial charge on any atom is 0.144 e. The number of aromatic nitrogens is 4. The van der Waals surface area contributed by atoms with E-state index in [1.165, 1.54) is 5.69 Å². The molecule has 29 heavy (non-hydrogen) atoms. The number of benzene rings is 2. The third-order valence-electron chi connectivity index (χ3n) is 5.18. The molecule has 5 nitrogen and oxygen atoms in total. The lowest BCUT2D eigenvalue weighted by Gasteiger charge is -2.12. The van der Waals surface area contributed by atoms with Crippen LogP contribution >= 0.6 is 15.9 Å². The summed E-state index contributed by atoms with van der Waals surface area (Å²) in [7, 11) is 0. The van der Waals surface area contributed by atoms with Crippen molar-refractivity contribution < 1.29 is 4.74 Å². The van der Waals surface area contributed by atoms with Gasteiger partial charge in [-0.1, -0.05) is 41.9 Å². The van der Waals surface area contributed by atoms with Crippen molar-refractivity contribution in [2.45, 2.75) is 40.8 Å². The normalized spacial score (nSPS) is 12.4. The largest absolute Gasteiger partial charge is 0.491 e. The first-order valence-electron chi connectivity index (χ1n) is 10.0. The standard InChI is InChI=1S/C21H19BrN4O.C2H6/c1-13-19(12-26-14(2)24-17-5-3-4-6-18(17)26)25-9-10-27-20-8-7-15(22)11-16(20)21(25)23-13;1-2/h3-8,11H,9-10,12H2,1-2H3;1-2H3. The average Bonchev–Trinajstić information content (AvgIpc) is 3.15. The molecular formula is C23H25BrN4O. The topological polar surface area (TPSA) is 44.9 Å². The lowest BCUT2D eigenvalue weighted by Crippen LogP contribution is -2.13. The van der Waals surface area contributed by atoms with Crippen molar-refractivity contribution >= 4 is 27.0 Å². The number of imidazole rings is 2. The highest BCUT2D eigenvalue weighted by atomic mass is 79.9. The molecule has 6 heteroatoms. The van der Waals surface area contributed by atoms with Crippen LogP contribution in [0.25, 0.3) is 22.4 Å². The molecule has 2 aromatic heterocycles. The highest BCUT2D eigenvalue weighted by molar-refractivity contribution is 9.10. The number of nitrogens with zero attached hydrogens (tertiary/aromatic N) is 4. The molecule has 1 aliphatic heterocycles. The third-order valence-corrected chi connectivity index (χ3v) is 5.67. The van der Waals surface area contributed by atoms with E-state index in [1.807, 2.05) is 32.0 Å². The number of hydrogen-bond donors (Lipinski definition) is 0. The molecule has 0 saturated carbocycles. The van der Waals surface area contributed by atoms with Crippen LogP contribution in [0.15, 0.2) is 46.9 Å². The molecular weight excluding hydrogens is 428 g/mol. The van der Waals surface area contributed by atoms with Crippen LogP contribution in [0.3, 0.4) is 0 Å². The van der Waals surface area contributed by atoms with Crippen LogP contribution < -0.4 is 4.74 Å². The summed E-state index contributed by atoms with van der Waals surface area (Å²) in [6.45, 7) is 10.3. The van der Waals surface area contributed by atoms with Crippen molar-refractivity contribution in [2.24, 2.45) is 0 Å². The van der Waals surface area contributed by atoms with Crippen LogP contribution in [-0.4, -0.2) is 25.7 Å². The van der Waals surface area contributed by atoms with Crippen molar-refractivity contribution in [1.29, 1.82) is 0 Å². The Kier molecular flexibility index (Phi) is 5.46. The van der Waals surface area contributed by atoms with Crippen LogP contribution in [0, 0.1) is 13.8 Å². The van der Waals surface area contributed by atoms with Gasteiger partial charge in [0, 0.05) is 4.47 Å². The van der Waals surface area contributed by atoms with Crippen LogP contribution in [0.5, 0.6) is 5.75 Å². The highest BCUT2D eigenvalue weighted by Gasteiger charge is 2.23. The van der Waals surface area contributed by atoms with E-state index in [0.29, 0.717) is 6.61 Å². The fourth-order valence-electron chi connectivity index (χ4n) is 3.85. The molecule has 0 spiro atoms. The van der Waals surface area contributed by atoms with Crippen LogP contribution in [0.2, 0.25) is 0 Å². The average molecular weight is 453 g/mol. The Morgan fingerprint density at radius 2 is 1.86 bits per heavy atom. The van der Waals surface area contributed by atoms with E-state index in [9.17, 15) is 0 Å². The quantitative estimate of drug-likeness (QED) is 0.389. The summed E-state index contributed by atoms with van der Waals surface area (Å²) in [5.74, 6) is 2.87. The molecule has 0 N–H and O–H groups in total. The second-order valence-electron chi connectivity index (χ2n) is 6.84. The minimum absolute atomic E-state index is 0.633. The predicted octanol–water partition coefficient (Wildman–Crippen LogP) is 5.75. The van der Waals surface area contributed by atoms with E-state index in [2.05, 4.69) is 63.2 Å². The van der Waals surface area contributed by atoms with Crippen LogP contribution in [-0.2, 0) is 13.1 Å². The van der Waals surface area contributed by atoms with E-state index >= 15 is 0 Å². The number of rotatable bonds is 2. The van der Waals surface area contributed by atoms with E-state index in [4.69, 9.17) is 14.7 Å². The molecule has 0 unspecified atom stereocenters. The van der Waals surface area contributed by atoms with Gasteiger partial charge in [0.1, 0.15) is 24.0 Å². The first-order chi connectivity index (χ1) is 14.1. The van der Waals surface area contributed by atoms with Gasteiger partial charge in [-0.2, -0.15) is 0 Å². The van der Waals surface area contributed by atoms with Crippen molar-refractivity contribution in [3.63, 3.8) is 0 Å². The third kappa shape index (κ3) is 3.46. The van der Waals surface area contributed by atoms with Crippen LogP contribution in [0.1, 0.15) is 31.1 Å². The molecule has 0 saturated heterocycles. The molecule has 2 aromatic carbocycles. The maximum absolute atomic E-state index is 5.97. The molecule has 0 amide bonds. The highest BCUT2D eigenvalue weighted by Crippen LogP contribution is 2.35. The second-order valence-corrected chi connectivity index (χ2v) is 7.76. The summed E-state index contributed by atoms with van der Waals surface area (Å²) in [6.07, 6.45) is 0. The fraction of sp³-hybridized carbons (Fsp3) is 0.304. The second kappa shape index (κ2) is 8.03. The molecule has 0 fully saturated rings. The van der Waals surface area contributed by atoms with Gasteiger partial charge in [-0.05, 0) is 44.2 Å². The van der Waals surface area contributed by atoms with Gasteiger partial charge >= 0.3 is 0 Å². The van der Waals surface area contributed by atoms with Gasteiger partial charge in [0.2, 0.25) is 0 Å². The van der Waals surface area contributed by atoms with Gasteiger partial charge in [0.15, 0.2) is 0 Å². The molecule has 4 aromatic rings. The maximum atomic E-state index is 5.97. The smallest absolute Gasteiger partial charge is 0.144 e. The Hall–Kier alpha value is -2.60. The SMILES string of the molecule is CC.Cc1nc2n(c1Cn1c(C)nc3ccccc31)CCOc1ccc(Br)cc1-2. The monoisotopic (exact) mass is 452 g/mol. The Balaban J connectivity index is 0.000000994.